The van der Waals surface area contributed by atoms with Gasteiger partial charge in [0, 0.05) is 14.1 Å². The van der Waals surface area contributed by atoms with Crippen molar-refractivity contribution in [3.8, 4) is 0 Å². The van der Waals surface area contributed by atoms with Gasteiger partial charge >= 0.3 is 0 Å². The Morgan fingerprint density at radius 1 is 0.889 bits per heavy atom. The van der Waals surface area contributed by atoms with Gasteiger partial charge in [-0.25, -0.2) is 0 Å². The van der Waals surface area contributed by atoms with Crippen molar-refractivity contribution < 1.29 is 9.59 Å². The van der Waals surface area contributed by atoms with Gasteiger partial charge < -0.3 is 9.80 Å². The van der Waals surface area contributed by atoms with Crippen molar-refractivity contribution in [1.29, 1.82) is 0 Å². The largest absolute Gasteiger partial charge is 0.337 e. The summed E-state index contributed by atoms with van der Waals surface area (Å²) in [5.74, 6) is 0.185. The van der Waals surface area contributed by atoms with Gasteiger partial charge in [0.25, 0.3) is 0 Å². The van der Waals surface area contributed by atoms with Gasteiger partial charge in [0.05, 0.1) is 22.9 Å². The molecular formula is C14H18N2O2. The minimum absolute atomic E-state index is 0.0925. The highest BCUT2D eigenvalue weighted by molar-refractivity contribution is 5.95. The predicted octanol–water partition coefficient (Wildman–Crippen LogP) is 0.806. The number of hydrogen-bond acceptors (Lipinski definition) is 2. The monoisotopic (exact) mass is 246 g/mol. The molecule has 0 aromatic heterocycles. The zero-order chi connectivity index (χ0) is 13.3. The van der Waals surface area contributed by atoms with E-state index in [0.717, 1.165) is 0 Å². The summed E-state index contributed by atoms with van der Waals surface area (Å²) < 4.78 is 0. The topological polar surface area (TPSA) is 40.6 Å². The molecule has 5 aliphatic heterocycles. The van der Waals surface area contributed by atoms with Crippen molar-refractivity contribution in [2.24, 2.45) is 10.8 Å². The van der Waals surface area contributed by atoms with Crippen LogP contribution in [0.3, 0.4) is 0 Å². The van der Waals surface area contributed by atoms with E-state index in [0.29, 0.717) is 0 Å². The Labute approximate surface area is 107 Å². The molecule has 18 heavy (non-hydrogen) atoms. The highest BCUT2D eigenvalue weighted by atomic mass is 16.2. The van der Waals surface area contributed by atoms with Crippen molar-refractivity contribution in [2.45, 2.75) is 25.9 Å². The summed E-state index contributed by atoms with van der Waals surface area (Å²) in [6.45, 7) is 3.82. The normalized spacial score (nSPS) is 45.8. The summed E-state index contributed by atoms with van der Waals surface area (Å²) in [5, 5.41) is 0. The Morgan fingerprint density at radius 2 is 1.22 bits per heavy atom. The van der Waals surface area contributed by atoms with Gasteiger partial charge in [-0.1, -0.05) is 24.3 Å². The zero-order valence-corrected chi connectivity index (χ0v) is 11.2. The molecule has 0 radical (unpaired) electrons. The lowest BCUT2D eigenvalue weighted by Gasteiger charge is -2.55. The second-order valence-electron chi connectivity index (χ2n) is 6.01. The van der Waals surface area contributed by atoms with Gasteiger partial charge in [-0.2, -0.15) is 0 Å². The first kappa shape index (κ1) is 11.5. The molecule has 5 heterocycles. The van der Waals surface area contributed by atoms with Gasteiger partial charge in [0.15, 0.2) is 0 Å². The standard InChI is InChI=1S/C14H18N2O2/c1-13-7-5-10(16(4)11(13)17)14(2)8-6-9(13)15(3)12(14)18/h5-10H,1-4H3. The molecule has 4 bridgehead atoms. The Kier molecular flexibility index (Phi) is 1.95. The van der Waals surface area contributed by atoms with E-state index in [1.165, 1.54) is 0 Å². The van der Waals surface area contributed by atoms with Crippen LogP contribution >= 0.6 is 0 Å². The molecule has 0 aromatic rings. The van der Waals surface area contributed by atoms with Crippen LogP contribution in [-0.2, 0) is 9.59 Å². The quantitative estimate of drug-likeness (QED) is 0.593. The van der Waals surface area contributed by atoms with Crippen molar-refractivity contribution in [2.75, 3.05) is 14.1 Å². The second-order valence-corrected chi connectivity index (χ2v) is 6.01. The van der Waals surface area contributed by atoms with Crippen molar-refractivity contribution in [3.63, 3.8) is 0 Å². The van der Waals surface area contributed by atoms with Crippen LogP contribution in [0.5, 0.6) is 0 Å². The molecule has 1 saturated heterocycles. The molecule has 4 atom stereocenters. The Balaban J connectivity index is 2.30. The van der Waals surface area contributed by atoms with Gasteiger partial charge in [-0.05, 0) is 13.8 Å². The first-order valence-corrected chi connectivity index (χ1v) is 6.25. The minimum atomic E-state index is -0.645. The lowest BCUT2D eigenvalue weighted by Crippen LogP contribution is -2.68. The van der Waals surface area contributed by atoms with E-state index in [-0.39, 0.29) is 23.9 Å². The maximum Gasteiger partial charge on any atom is 0.235 e. The Hall–Kier alpha value is -1.58. The molecule has 96 valence electrons. The summed E-state index contributed by atoms with van der Waals surface area (Å²) in [5.41, 5.74) is -1.29. The van der Waals surface area contributed by atoms with Gasteiger partial charge in [0.1, 0.15) is 0 Å². The summed E-state index contributed by atoms with van der Waals surface area (Å²) >= 11 is 0. The fourth-order valence-corrected chi connectivity index (χ4v) is 3.65. The van der Waals surface area contributed by atoms with Crippen LogP contribution in [0, 0.1) is 10.8 Å². The molecule has 4 unspecified atom stereocenters. The molecule has 4 nitrogen and oxygen atoms in total. The maximum atomic E-state index is 12.6. The van der Waals surface area contributed by atoms with Crippen LogP contribution < -0.4 is 0 Å². The fourth-order valence-electron chi connectivity index (χ4n) is 3.65. The van der Waals surface area contributed by atoms with Gasteiger partial charge in [-0.3, -0.25) is 9.59 Å². The van der Waals surface area contributed by atoms with E-state index in [9.17, 15) is 9.59 Å². The van der Waals surface area contributed by atoms with Crippen molar-refractivity contribution in [3.05, 3.63) is 24.3 Å². The van der Waals surface area contributed by atoms with Gasteiger partial charge in [-0.15, -0.1) is 0 Å². The minimum Gasteiger partial charge on any atom is -0.337 e. The summed E-state index contributed by atoms with van der Waals surface area (Å²) in [7, 11) is 3.59. The Morgan fingerprint density at radius 3 is 1.56 bits per heavy atom. The molecule has 6 rings (SSSR count). The summed E-state index contributed by atoms with van der Waals surface area (Å²) in [4.78, 5) is 28.6. The molecule has 4 heteroatoms. The van der Waals surface area contributed by atoms with E-state index in [1.807, 2.05) is 38.2 Å². The zero-order valence-electron chi connectivity index (χ0n) is 11.2. The smallest absolute Gasteiger partial charge is 0.235 e. The molecule has 0 spiro atoms. The first-order chi connectivity index (χ1) is 8.32. The fraction of sp³-hybridized carbons (Fsp3) is 0.571. The molecule has 2 amide bonds. The molecule has 6 aliphatic rings. The van der Waals surface area contributed by atoms with Crippen LogP contribution in [0.2, 0.25) is 0 Å². The summed E-state index contributed by atoms with van der Waals surface area (Å²) in [6, 6.07) is -0.379. The van der Waals surface area contributed by atoms with Gasteiger partial charge in [0.2, 0.25) is 11.8 Å². The van der Waals surface area contributed by atoms with Crippen LogP contribution in [0.1, 0.15) is 13.8 Å². The molecule has 0 N–H and O–H groups in total. The highest BCUT2D eigenvalue weighted by Crippen LogP contribution is 2.47. The second kappa shape index (κ2) is 3.05. The molecular weight excluding hydrogens is 228 g/mol. The molecule has 0 saturated carbocycles. The number of rotatable bonds is 0. The number of likely N-dealkylation sites (N-methyl/N-ethyl adjacent to an activating group) is 2. The number of amides is 2. The number of carbonyl (C=O) groups is 2. The van der Waals surface area contributed by atoms with E-state index in [2.05, 4.69) is 0 Å². The third kappa shape index (κ3) is 1.02. The lowest BCUT2D eigenvalue weighted by molar-refractivity contribution is -0.159. The molecule has 0 aromatic carbocycles. The van der Waals surface area contributed by atoms with Crippen molar-refractivity contribution >= 4 is 11.8 Å². The average Bonchev–Trinajstić information content (AvgIpc) is 2.32. The number of hydrogen-bond donors (Lipinski definition) is 0. The third-order valence-corrected chi connectivity index (χ3v) is 4.88. The third-order valence-electron chi connectivity index (χ3n) is 4.88. The highest BCUT2D eigenvalue weighted by Gasteiger charge is 2.58. The van der Waals surface area contributed by atoms with E-state index in [1.54, 1.807) is 23.9 Å². The SMILES string of the molecule is CN1C(=O)C2(C)C=CC1C1(C)C=CC2N(C)C1=O. The first-order valence-electron chi connectivity index (χ1n) is 6.25. The predicted molar refractivity (Wildman–Crippen MR) is 67.6 cm³/mol. The summed E-state index contributed by atoms with van der Waals surface area (Å²) in [6.07, 6.45) is 8.00. The Bertz CT molecular complexity index is 464. The number of carbonyl (C=O) groups excluding carboxylic acids is 2. The van der Waals surface area contributed by atoms with Crippen molar-refractivity contribution in [1.82, 2.24) is 9.80 Å². The average molecular weight is 246 g/mol. The van der Waals surface area contributed by atoms with Crippen LogP contribution in [-0.4, -0.2) is 47.8 Å². The lowest BCUT2D eigenvalue weighted by atomic mass is 9.65. The van der Waals surface area contributed by atoms with Crippen LogP contribution in [0.4, 0.5) is 0 Å². The maximum absolute atomic E-state index is 12.6. The van der Waals surface area contributed by atoms with E-state index < -0.39 is 10.8 Å². The van der Waals surface area contributed by atoms with E-state index >= 15 is 0 Å². The van der Waals surface area contributed by atoms with Crippen LogP contribution in [0.25, 0.3) is 0 Å². The molecule has 1 aliphatic carbocycles. The van der Waals surface area contributed by atoms with E-state index in [4.69, 9.17) is 0 Å². The molecule has 1 fully saturated rings. The number of nitrogens with zero attached hydrogens (tertiary/aromatic N) is 2. The van der Waals surface area contributed by atoms with Crippen LogP contribution in [0.15, 0.2) is 24.3 Å².